The highest BCUT2D eigenvalue weighted by Crippen LogP contribution is 2.20. The minimum absolute atomic E-state index is 0.00633. The second kappa shape index (κ2) is 8.03. The highest BCUT2D eigenvalue weighted by molar-refractivity contribution is 5.82. The molecule has 1 fully saturated rings. The molecule has 2 atom stereocenters. The molecule has 0 radical (unpaired) electrons. The van der Waals surface area contributed by atoms with Crippen LogP contribution in [0.1, 0.15) is 18.4 Å². The summed E-state index contributed by atoms with van der Waals surface area (Å²) in [6.45, 7) is 1.57. The summed E-state index contributed by atoms with van der Waals surface area (Å²) in [7, 11) is 1.87. The summed E-state index contributed by atoms with van der Waals surface area (Å²) in [6, 6.07) is 9.45. The number of benzene rings is 1. The quantitative estimate of drug-likeness (QED) is 0.784. The van der Waals surface area contributed by atoms with Crippen molar-refractivity contribution in [1.82, 2.24) is 15.1 Å². The highest BCUT2D eigenvalue weighted by atomic mass is 16.4. The number of carbonyl (C=O) groups excluding carboxylic acids is 1. The normalized spacial score (nSPS) is 17.9. The number of aromatic nitrogens is 2. The summed E-state index contributed by atoms with van der Waals surface area (Å²) in [5, 5.41) is 16.6. The number of aryl methyl sites for hydroxylation is 1. The van der Waals surface area contributed by atoms with Gasteiger partial charge in [-0.15, -0.1) is 0 Å². The van der Waals surface area contributed by atoms with Crippen LogP contribution >= 0.6 is 0 Å². The maximum Gasteiger partial charge on any atom is 0.307 e. The molecule has 1 amide bonds. The van der Waals surface area contributed by atoms with Crippen LogP contribution in [0.2, 0.25) is 0 Å². The number of carboxylic acids is 1. The van der Waals surface area contributed by atoms with Gasteiger partial charge >= 0.3 is 5.97 Å². The first-order chi connectivity index (χ1) is 12.5. The predicted octanol–water partition coefficient (Wildman–Crippen LogP) is 1.45. The fourth-order valence-electron chi connectivity index (χ4n) is 3.34. The fraction of sp³-hybridized carbons (Fsp3) is 0.421. The minimum Gasteiger partial charge on any atom is -0.481 e. The van der Waals surface area contributed by atoms with E-state index in [1.54, 1.807) is 4.68 Å². The molecule has 0 aliphatic carbocycles. The number of nitrogens with zero attached hydrogens (tertiary/aromatic N) is 3. The molecule has 0 saturated carbocycles. The number of carboxylic acid groups (broad SMARTS) is 1. The van der Waals surface area contributed by atoms with Gasteiger partial charge in [-0.2, -0.15) is 5.10 Å². The van der Waals surface area contributed by atoms with Gasteiger partial charge in [0.1, 0.15) is 0 Å². The van der Waals surface area contributed by atoms with E-state index in [2.05, 4.69) is 15.3 Å². The molecular formula is C19H24N4O3. The zero-order valence-corrected chi connectivity index (χ0v) is 14.8. The Kier molecular flexibility index (Phi) is 5.55. The van der Waals surface area contributed by atoms with E-state index in [-0.39, 0.29) is 18.4 Å². The smallest absolute Gasteiger partial charge is 0.307 e. The Balaban J connectivity index is 1.51. The minimum atomic E-state index is -0.938. The van der Waals surface area contributed by atoms with Crippen molar-refractivity contribution in [2.24, 2.45) is 13.0 Å². The first-order valence-corrected chi connectivity index (χ1v) is 8.81. The van der Waals surface area contributed by atoms with E-state index in [0.29, 0.717) is 13.0 Å². The first-order valence-electron chi connectivity index (χ1n) is 8.81. The van der Waals surface area contributed by atoms with Crippen LogP contribution < -0.4 is 10.2 Å². The molecule has 1 aromatic heterocycles. The number of amides is 1. The second-order valence-corrected chi connectivity index (χ2v) is 6.80. The van der Waals surface area contributed by atoms with E-state index in [1.165, 1.54) is 0 Å². The lowest BCUT2D eigenvalue weighted by molar-refractivity contribution is -0.144. The van der Waals surface area contributed by atoms with Gasteiger partial charge in [-0.1, -0.05) is 30.3 Å². The van der Waals surface area contributed by atoms with Crippen LogP contribution in [0.15, 0.2) is 42.7 Å². The molecule has 7 nitrogen and oxygen atoms in total. The molecule has 7 heteroatoms. The van der Waals surface area contributed by atoms with Crippen molar-refractivity contribution < 1.29 is 14.7 Å². The third kappa shape index (κ3) is 4.62. The number of anilines is 1. The topological polar surface area (TPSA) is 87.5 Å². The molecule has 1 aromatic carbocycles. The molecule has 2 unspecified atom stereocenters. The molecule has 1 saturated heterocycles. The Bertz CT molecular complexity index is 759. The number of nitrogens with one attached hydrogen (secondary N) is 1. The summed E-state index contributed by atoms with van der Waals surface area (Å²) in [6.07, 6.45) is 4.95. The van der Waals surface area contributed by atoms with Crippen molar-refractivity contribution in [1.29, 1.82) is 0 Å². The van der Waals surface area contributed by atoms with Crippen LogP contribution in [-0.2, 0) is 23.1 Å². The van der Waals surface area contributed by atoms with Gasteiger partial charge in [-0.25, -0.2) is 0 Å². The summed E-state index contributed by atoms with van der Waals surface area (Å²) >= 11 is 0. The van der Waals surface area contributed by atoms with E-state index >= 15 is 0 Å². The van der Waals surface area contributed by atoms with Gasteiger partial charge in [0, 0.05) is 38.8 Å². The predicted molar refractivity (Wildman–Crippen MR) is 97.9 cm³/mol. The van der Waals surface area contributed by atoms with E-state index in [9.17, 15) is 14.7 Å². The summed E-state index contributed by atoms with van der Waals surface area (Å²) in [5.41, 5.74) is 1.97. The van der Waals surface area contributed by atoms with E-state index in [4.69, 9.17) is 0 Å². The van der Waals surface area contributed by atoms with Crippen molar-refractivity contribution in [2.75, 3.05) is 18.0 Å². The zero-order chi connectivity index (χ0) is 18.5. The Morgan fingerprint density at radius 3 is 2.77 bits per heavy atom. The molecule has 3 rings (SSSR count). The Labute approximate surface area is 152 Å². The van der Waals surface area contributed by atoms with Crippen molar-refractivity contribution in [3.8, 4) is 0 Å². The molecule has 0 spiro atoms. The molecule has 2 heterocycles. The molecule has 1 aliphatic rings. The van der Waals surface area contributed by atoms with Crippen molar-refractivity contribution in [2.45, 2.75) is 25.3 Å². The number of hydrogen-bond acceptors (Lipinski definition) is 4. The molecule has 0 bridgehead atoms. The third-order valence-corrected chi connectivity index (χ3v) is 4.72. The maximum atomic E-state index is 12.3. The average molecular weight is 356 g/mol. The molecule has 2 aromatic rings. The van der Waals surface area contributed by atoms with Crippen LogP contribution in [0.4, 0.5) is 5.69 Å². The number of aliphatic carboxylic acids is 1. The van der Waals surface area contributed by atoms with E-state index in [0.717, 1.165) is 24.2 Å². The van der Waals surface area contributed by atoms with Crippen LogP contribution in [0.5, 0.6) is 0 Å². The molecule has 26 heavy (non-hydrogen) atoms. The third-order valence-electron chi connectivity index (χ3n) is 4.72. The molecular weight excluding hydrogens is 332 g/mol. The Morgan fingerprint density at radius 1 is 1.35 bits per heavy atom. The van der Waals surface area contributed by atoms with Crippen molar-refractivity contribution >= 4 is 17.6 Å². The highest BCUT2D eigenvalue weighted by Gasteiger charge is 2.27. The first kappa shape index (κ1) is 18.0. The van der Waals surface area contributed by atoms with Gasteiger partial charge in [-0.3, -0.25) is 14.3 Å². The van der Waals surface area contributed by atoms with Gasteiger partial charge in [0.2, 0.25) is 5.91 Å². The van der Waals surface area contributed by atoms with Gasteiger partial charge in [0.05, 0.1) is 17.8 Å². The number of carbonyl (C=O) groups is 2. The van der Waals surface area contributed by atoms with Crippen LogP contribution in [-0.4, -0.2) is 45.9 Å². The van der Waals surface area contributed by atoms with E-state index < -0.39 is 11.9 Å². The van der Waals surface area contributed by atoms with Gasteiger partial charge < -0.3 is 15.3 Å². The summed E-state index contributed by atoms with van der Waals surface area (Å²) in [4.78, 5) is 26.0. The SMILES string of the molecule is Cn1cc(N2CCC(NC(=O)CC(Cc3ccccc3)C(=O)O)C2)cn1. The number of rotatable bonds is 7. The lowest BCUT2D eigenvalue weighted by Gasteiger charge is -2.18. The zero-order valence-electron chi connectivity index (χ0n) is 14.8. The maximum absolute atomic E-state index is 12.3. The monoisotopic (exact) mass is 356 g/mol. The fourth-order valence-corrected chi connectivity index (χ4v) is 3.34. The lowest BCUT2D eigenvalue weighted by atomic mass is 9.96. The van der Waals surface area contributed by atoms with E-state index in [1.807, 2.05) is 49.8 Å². The largest absolute Gasteiger partial charge is 0.481 e. The second-order valence-electron chi connectivity index (χ2n) is 6.80. The van der Waals surface area contributed by atoms with Gasteiger partial charge in [0.15, 0.2) is 0 Å². The van der Waals surface area contributed by atoms with Gasteiger partial charge in [0.25, 0.3) is 0 Å². The van der Waals surface area contributed by atoms with Crippen LogP contribution in [0.25, 0.3) is 0 Å². The average Bonchev–Trinajstić information content (AvgIpc) is 3.24. The Hall–Kier alpha value is -2.83. The standard InChI is InChI=1S/C19H24N4O3/c1-22-13-17(11-20-22)23-8-7-16(12-23)21-18(24)10-15(19(25)26)9-14-5-3-2-4-6-14/h2-6,11,13,15-16H,7-10,12H2,1H3,(H,21,24)(H,25,26). The summed E-state index contributed by atoms with van der Waals surface area (Å²) < 4.78 is 1.75. The van der Waals surface area contributed by atoms with Crippen molar-refractivity contribution in [3.05, 3.63) is 48.3 Å². The van der Waals surface area contributed by atoms with Crippen LogP contribution in [0, 0.1) is 5.92 Å². The molecule has 2 N–H and O–H groups in total. The Morgan fingerprint density at radius 2 is 2.12 bits per heavy atom. The van der Waals surface area contributed by atoms with Crippen LogP contribution in [0.3, 0.4) is 0 Å². The lowest BCUT2D eigenvalue weighted by Crippen LogP contribution is -2.38. The molecule has 1 aliphatic heterocycles. The summed E-state index contributed by atoms with van der Waals surface area (Å²) in [5.74, 6) is -1.85. The molecule has 138 valence electrons. The van der Waals surface area contributed by atoms with Gasteiger partial charge in [-0.05, 0) is 18.4 Å². The van der Waals surface area contributed by atoms with Crippen molar-refractivity contribution in [3.63, 3.8) is 0 Å². The number of hydrogen-bond donors (Lipinski definition) is 2.